The van der Waals surface area contributed by atoms with Crippen molar-refractivity contribution in [1.82, 2.24) is 0 Å². The van der Waals surface area contributed by atoms with Gasteiger partial charge in [-0.2, -0.15) is 0 Å². The smallest absolute Gasteiger partial charge is 0.308 e. The zero-order chi connectivity index (χ0) is 21.5. The Kier molecular flexibility index (Phi) is 6.54. The summed E-state index contributed by atoms with van der Waals surface area (Å²) in [6.45, 7) is 1.28. The van der Waals surface area contributed by atoms with Crippen molar-refractivity contribution in [3.63, 3.8) is 0 Å². The topological polar surface area (TPSA) is 84.5 Å². The molecule has 0 saturated heterocycles. The van der Waals surface area contributed by atoms with Crippen LogP contribution in [0, 0.1) is 5.82 Å². The van der Waals surface area contributed by atoms with E-state index in [0.717, 1.165) is 0 Å². The molecule has 0 aliphatic heterocycles. The fraction of sp³-hybridized carbons (Fsp3) is 0.0870. The number of ether oxygens (including phenoxy) is 1. The van der Waals surface area contributed by atoms with Crippen molar-refractivity contribution in [2.75, 3.05) is 10.6 Å². The summed E-state index contributed by atoms with van der Waals surface area (Å²) in [5.74, 6) is -1.22. The van der Waals surface area contributed by atoms with E-state index in [-0.39, 0.29) is 23.9 Å². The summed E-state index contributed by atoms with van der Waals surface area (Å²) in [5, 5.41) is 5.48. The van der Waals surface area contributed by atoms with E-state index in [1.165, 1.54) is 25.1 Å². The van der Waals surface area contributed by atoms with Crippen LogP contribution in [0.2, 0.25) is 0 Å². The number of rotatable bonds is 6. The average Bonchev–Trinajstić information content (AvgIpc) is 2.69. The first-order valence-electron chi connectivity index (χ1n) is 9.13. The third kappa shape index (κ3) is 6.00. The van der Waals surface area contributed by atoms with E-state index in [4.69, 9.17) is 4.74 Å². The molecule has 2 N–H and O–H groups in total. The van der Waals surface area contributed by atoms with Crippen LogP contribution in [0.1, 0.15) is 22.8 Å². The minimum absolute atomic E-state index is 0.0970. The average molecular weight is 406 g/mol. The molecule has 0 radical (unpaired) electrons. The maximum absolute atomic E-state index is 13.0. The number of hydrogen-bond donors (Lipinski definition) is 2. The molecule has 30 heavy (non-hydrogen) atoms. The number of amides is 2. The molecule has 0 aliphatic carbocycles. The highest BCUT2D eigenvalue weighted by molar-refractivity contribution is 6.05. The predicted molar refractivity (Wildman–Crippen MR) is 111 cm³/mol. The van der Waals surface area contributed by atoms with Gasteiger partial charge in [0.25, 0.3) is 5.91 Å². The van der Waals surface area contributed by atoms with Crippen molar-refractivity contribution in [3.05, 3.63) is 89.7 Å². The number of carbonyl (C=O) groups excluding carboxylic acids is 3. The molecule has 0 saturated carbocycles. The lowest BCUT2D eigenvalue weighted by Crippen LogP contribution is -2.15. The number of benzene rings is 3. The quantitative estimate of drug-likeness (QED) is 0.475. The first-order valence-corrected chi connectivity index (χ1v) is 9.13. The zero-order valence-corrected chi connectivity index (χ0v) is 16.1. The van der Waals surface area contributed by atoms with Crippen molar-refractivity contribution in [2.24, 2.45) is 0 Å². The van der Waals surface area contributed by atoms with Crippen molar-refractivity contribution in [3.8, 4) is 5.75 Å². The molecule has 0 fully saturated rings. The summed E-state index contributed by atoms with van der Waals surface area (Å²) in [6.07, 6.45) is 0.0970. The fourth-order valence-corrected chi connectivity index (χ4v) is 2.74. The molecule has 0 unspecified atom stereocenters. The minimum Gasteiger partial charge on any atom is -0.427 e. The predicted octanol–water partition coefficient (Wildman–Crippen LogP) is 4.18. The summed E-state index contributed by atoms with van der Waals surface area (Å²) in [4.78, 5) is 35.8. The fourth-order valence-electron chi connectivity index (χ4n) is 2.74. The molecule has 3 aromatic rings. The van der Waals surface area contributed by atoms with Gasteiger partial charge in [-0.05, 0) is 54.1 Å². The van der Waals surface area contributed by atoms with Gasteiger partial charge in [-0.1, -0.05) is 24.3 Å². The van der Waals surface area contributed by atoms with Crippen LogP contribution in [0.5, 0.6) is 5.75 Å². The van der Waals surface area contributed by atoms with E-state index in [1.807, 2.05) is 0 Å². The van der Waals surface area contributed by atoms with Gasteiger partial charge in [0.2, 0.25) is 5.91 Å². The number of anilines is 2. The molecular weight excluding hydrogens is 387 g/mol. The van der Waals surface area contributed by atoms with Gasteiger partial charge in [0.15, 0.2) is 0 Å². The van der Waals surface area contributed by atoms with Gasteiger partial charge in [-0.15, -0.1) is 0 Å². The Morgan fingerprint density at radius 1 is 0.867 bits per heavy atom. The van der Waals surface area contributed by atoms with E-state index >= 15 is 0 Å². The summed E-state index contributed by atoms with van der Waals surface area (Å²) < 4.78 is 17.9. The van der Waals surface area contributed by atoms with Crippen LogP contribution in [0.4, 0.5) is 15.8 Å². The first kappa shape index (κ1) is 20.7. The van der Waals surface area contributed by atoms with Crippen LogP contribution < -0.4 is 15.4 Å². The molecule has 2 amide bonds. The van der Waals surface area contributed by atoms with E-state index in [0.29, 0.717) is 22.5 Å². The molecule has 0 atom stereocenters. The van der Waals surface area contributed by atoms with Gasteiger partial charge in [0.1, 0.15) is 11.6 Å². The summed E-state index contributed by atoms with van der Waals surface area (Å²) in [5.41, 5.74) is 2.00. The summed E-state index contributed by atoms with van der Waals surface area (Å²) in [6, 6.07) is 18.6. The zero-order valence-electron chi connectivity index (χ0n) is 16.1. The van der Waals surface area contributed by atoms with Gasteiger partial charge < -0.3 is 15.4 Å². The van der Waals surface area contributed by atoms with E-state index < -0.39 is 11.9 Å². The second kappa shape index (κ2) is 9.47. The third-order valence-electron chi connectivity index (χ3n) is 4.04. The lowest BCUT2D eigenvalue weighted by Gasteiger charge is -2.10. The maximum atomic E-state index is 13.0. The maximum Gasteiger partial charge on any atom is 0.308 e. The van der Waals surface area contributed by atoms with Gasteiger partial charge in [0.05, 0.1) is 6.42 Å². The SMILES string of the molecule is CC(=O)Oc1cccc(C(=O)Nc2cccc(NC(=O)Cc3ccc(F)cc3)c2)c1. The molecule has 3 rings (SSSR count). The Bertz CT molecular complexity index is 1080. The van der Waals surface area contributed by atoms with Gasteiger partial charge >= 0.3 is 5.97 Å². The molecular formula is C23H19FN2O4. The highest BCUT2D eigenvalue weighted by atomic mass is 19.1. The van der Waals surface area contributed by atoms with Gasteiger partial charge in [0, 0.05) is 23.9 Å². The Hall–Kier alpha value is -4.00. The van der Waals surface area contributed by atoms with Crippen LogP contribution in [0.15, 0.2) is 72.8 Å². The van der Waals surface area contributed by atoms with Crippen LogP contribution in [0.25, 0.3) is 0 Å². The van der Waals surface area contributed by atoms with Crippen LogP contribution >= 0.6 is 0 Å². The van der Waals surface area contributed by atoms with E-state index in [2.05, 4.69) is 10.6 Å². The number of nitrogens with one attached hydrogen (secondary N) is 2. The lowest BCUT2D eigenvalue weighted by atomic mass is 10.1. The second-order valence-electron chi connectivity index (χ2n) is 6.51. The highest BCUT2D eigenvalue weighted by Crippen LogP contribution is 2.19. The summed E-state index contributed by atoms with van der Waals surface area (Å²) >= 11 is 0. The molecule has 152 valence electrons. The number of carbonyl (C=O) groups is 3. The number of halogens is 1. The largest absolute Gasteiger partial charge is 0.427 e. The van der Waals surface area contributed by atoms with Crippen molar-refractivity contribution >= 4 is 29.2 Å². The Balaban J connectivity index is 1.63. The lowest BCUT2D eigenvalue weighted by molar-refractivity contribution is -0.131. The molecule has 6 nitrogen and oxygen atoms in total. The third-order valence-corrected chi connectivity index (χ3v) is 4.04. The standard InChI is InChI=1S/C23H19FN2O4/c1-15(27)30-21-7-2-4-17(13-21)23(29)26-20-6-3-5-19(14-20)25-22(28)12-16-8-10-18(24)11-9-16/h2-11,13-14H,12H2,1H3,(H,25,28)(H,26,29). The van der Waals surface area contributed by atoms with E-state index in [1.54, 1.807) is 54.6 Å². The molecule has 3 aromatic carbocycles. The monoisotopic (exact) mass is 406 g/mol. The van der Waals surface area contributed by atoms with Crippen molar-refractivity contribution < 1.29 is 23.5 Å². The Morgan fingerprint density at radius 3 is 2.23 bits per heavy atom. The first-order chi connectivity index (χ1) is 14.4. The Labute approximate surface area is 172 Å². The van der Waals surface area contributed by atoms with E-state index in [9.17, 15) is 18.8 Å². The molecule has 0 heterocycles. The van der Waals surface area contributed by atoms with Crippen LogP contribution in [0.3, 0.4) is 0 Å². The van der Waals surface area contributed by atoms with Crippen LogP contribution in [-0.4, -0.2) is 17.8 Å². The van der Waals surface area contributed by atoms with Crippen molar-refractivity contribution in [2.45, 2.75) is 13.3 Å². The highest BCUT2D eigenvalue weighted by Gasteiger charge is 2.10. The van der Waals surface area contributed by atoms with Gasteiger partial charge in [-0.3, -0.25) is 14.4 Å². The molecule has 0 bridgehead atoms. The molecule has 7 heteroatoms. The van der Waals surface area contributed by atoms with Crippen LogP contribution in [-0.2, 0) is 16.0 Å². The Morgan fingerprint density at radius 2 is 1.53 bits per heavy atom. The normalized spacial score (nSPS) is 10.2. The van der Waals surface area contributed by atoms with Gasteiger partial charge in [-0.25, -0.2) is 4.39 Å². The summed E-state index contributed by atoms with van der Waals surface area (Å²) in [7, 11) is 0. The van der Waals surface area contributed by atoms with Crippen molar-refractivity contribution in [1.29, 1.82) is 0 Å². The number of esters is 1. The second-order valence-corrected chi connectivity index (χ2v) is 6.51. The molecule has 0 spiro atoms. The molecule has 0 aromatic heterocycles. The molecule has 0 aliphatic rings. The minimum atomic E-state index is -0.475. The number of hydrogen-bond acceptors (Lipinski definition) is 4.